The van der Waals surface area contributed by atoms with Gasteiger partial charge in [0.1, 0.15) is 0 Å². The molecule has 3 aliphatic rings. The van der Waals surface area contributed by atoms with Crippen molar-refractivity contribution in [1.82, 2.24) is 10.2 Å². The normalized spacial score (nSPS) is 32.1. The van der Waals surface area contributed by atoms with Crippen molar-refractivity contribution in [2.24, 2.45) is 5.41 Å². The van der Waals surface area contributed by atoms with Gasteiger partial charge in [0.25, 0.3) is 0 Å². The van der Waals surface area contributed by atoms with Crippen LogP contribution in [0.3, 0.4) is 0 Å². The van der Waals surface area contributed by atoms with Crippen LogP contribution in [-0.2, 0) is 4.74 Å². The molecule has 0 saturated heterocycles. The van der Waals surface area contributed by atoms with Crippen molar-refractivity contribution >= 4 is 0 Å². The van der Waals surface area contributed by atoms with E-state index in [1.807, 2.05) is 0 Å². The van der Waals surface area contributed by atoms with Gasteiger partial charge in [-0.25, -0.2) is 0 Å². The maximum atomic E-state index is 6.00. The molecule has 0 bridgehead atoms. The second-order valence-electron chi connectivity index (χ2n) is 7.55. The Labute approximate surface area is 130 Å². The molecule has 122 valence electrons. The molecule has 2 unspecified atom stereocenters. The highest BCUT2D eigenvalue weighted by Gasteiger charge is 2.56. The second kappa shape index (κ2) is 6.97. The SMILES string of the molecule is CCOC1CC(NCCN(C)C2CCCC2)C12CCCC2. The lowest BCUT2D eigenvalue weighted by Gasteiger charge is -2.54. The number of hydrogen-bond donors (Lipinski definition) is 1. The summed E-state index contributed by atoms with van der Waals surface area (Å²) in [6, 6.07) is 1.57. The van der Waals surface area contributed by atoms with Crippen LogP contribution in [0.5, 0.6) is 0 Å². The molecule has 3 saturated carbocycles. The first kappa shape index (κ1) is 15.8. The highest BCUT2D eigenvalue weighted by atomic mass is 16.5. The summed E-state index contributed by atoms with van der Waals surface area (Å²) < 4.78 is 6.00. The summed E-state index contributed by atoms with van der Waals surface area (Å²) in [6.45, 7) is 5.37. The molecule has 0 amide bonds. The molecule has 2 atom stereocenters. The minimum atomic E-state index is 0.488. The average molecular weight is 294 g/mol. The lowest BCUT2D eigenvalue weighted by Crippen LogP contribution is -2.63. The van der Waals surface area contributed by atoms with Crippen LogP contribution in [0.4, 0.5) is 0 Å². The van der Waals surface area contributed by atoms with Gasteiger partial charge < -0.3 is 15.0 Å². The molecule has 3 aliphatic carbocycles. The largest absolute Gasteiger partial charge is 0.378 e. The van der Waals surface area contributed by atoms with Crippen molar-refractivity contribution in [2.45, 2.75) is 82.9 Å². The molecule has 0 aromatic heterocycles. The lowest BCUT2D eigenvalue weighted by atomic mass is 9.60. The molecular weight excluding hydrogens is 260 g/mol. The molecule has 0 aromatic rings. The number of likely N-dealkylation sites (N-methyl/N-ethyl adjacent to an activating group) is 1. The summed E-state index contributed by atoms with van der Waals surface area (Å²) in [5.74, 6) is 0. The van der Waals surface area contributed by atoms with Crippen molar-refractivity contribution < 1.29 is 4.74 Å². The number of rotatable bonds is 7. The average Bonchev–Trinajstić information content (AvgIpc) is 3.17. The first-order valence-electron chi connectivity index (χ1n) is 9.31. The van der Waals surface area contributed by atoms with Crippen molar-refractivity contribution in [3.63, 3.8) is 0 Å². The third-order valence-electron chi connectivity index (χ3n) is 6.49. The minimum absolute atomic E-state index is 0.488. The van der Waals surface area contributed by atoms with Crippen LogP contribution >= 0.6 is 0 Å². The van der Waals surface area contributed by atoms with Gasteiger partial charge in [0.05, 0.1) is 6.10 Å². The number of nitrogens with one attached hydrogen (secondary N) is 1. The van der Waals surface area contributed by atoms with Crippen molar-refractivity contribution in [3.8, 4) is 0 Å². The van der Waals surface area contributed by atoms with Crippen LogP contribution in [0.25, 0.3) is 0 Å². The Morgan fingerprint density at radius 3 is 2.52 bits per heavy atom. The van der Waals surface area contributed by atoms with E-state index >= 15 is 0 Å². The Balaban J connectivity index is 1.43. The molecule has 1 N–H and O–H groups in total. The Morgan fingerprint density at radius 1 is 1.14 bits per heavy atom. The third kappa shape index (κ3) is 3.16. The smallest absolute Gasteiger partial charge is 0.0661 e. The molecule has 0 aromatic carbocycles. The fourth-order valence-electron chi connectivity index (χ4n) is 5.12. The number of nitrogens with zero attached hydrogens (tertiary/aromatic N) is 1. The van der Waals surface area contributed by atoms with Gasteiger partial charge in [0, 0.05) is 37.2 Å². The van der Waals surface area contributed by atoms with E-state index in [0.717, 1.165) is 19.2 Å². The van der Waals surface area contributed by atoms with E-state index in [1.54, 1.807) is 0 Å². The predicted octanol–water partition coefficient (Wildman–Crippen LogP) is 3.19. The monoisotopic (exact) mass is 294 g/mol. The molecule has 21 heavy (non-hydrogen) atoms. The summed E-state index contributed by atoms with van der Waals surface area (Å²) in [6.07, 6.45) is 13.0. The van der Waals surface area contributed by atoms with Crippen LogP contribution in [-0.4, -0.2) is 49.8 Å². The van der Waals surface area contributed by atoms with Gasteiger partial charge >= 0.3 is 0 Å². The first-order valence-corrected chi connectivity index (χ1v) is 9.31. The van der Waals surface area contributed by atoms with Crippen LogP contribution in [0.1, 0.15) is 64.7 Å². The van der Waals surface area contributed by atoms with Crippen LogP contribution in [0.15, 0.2) is 0 Å². The summed E-state index contributed by atoms with van der Waals surface area (Å²) in [5.41, 5.74) is 0.488. The van der Waals surface area contributed by atoms with E-state index in [2.05, 4.69) is 24.2 Å². The summed E-state index contributed by atoms with van der Waals surface area (Å²) in [7, 11) is 2.31. The van der Waals surface area contributed by atoms with Gasteiger partial charge in [-0.1, -0.05) is 25.7 Å². The van der Waals surface area contributed by atoms with Crippen molar-refractivity contribution in [2.75, 3.05) is 26.7 Å². The van der Waals surface area contributed by atoms with Crippen LogP contribution < -0.4 is 5.32 Å². The molecule has 0 radical (unpaired) electrons. The standard InChI is InChI=1S/C18H34N2O/c1-3-21-17-14-16(18(17)10-6-7-11-18)19-12-13-20(2)15-8-4-5-9-15/h15-17,19H,3-14H2,1-2H3. The Bertz CT molecular complexity index is 321. The molecular formula is C18H34N2O. The minimum Gasteiger partial charge on any atom is -0.378 e. The van der Waals surface area contributed by atoms with Crippen molar-refractivity contribution in [1.29, 1.82) is 0 Å². The predicted molar refractivity (Wildman–Crippen MR) is 87.6 cm³/mol. The lowest BCUT2D eigenvalue weighted by molar-refractivity contribution is -0.130. The molecule has 3 nitrogen and oxygen atoms in total. The van der Waals surface area contributed by atoms with Gasteiger partial charge in [0.15, 0.2) is 0 Å². The van der Waals surface area contributed by atoms with E-state index in [9.17, 15) is 0 Å². The van der Waals surface area contributed by atoms with Gasteiger partial charge in [-0.15, -0.1) is 0 Å². The fraction of sp³-hybridized carbons (Fsp3) is 1.00. The van der Waals surface area contributed by atoms with Crippen LogP contribution in [0.2, 0.25) is 0 Å². The van der Waals surface area contributed by atoms with E-state index in [4.69, 9.17) is 4.74 Å². The Morgan fingerprint density at radius 2 is 1.86 bits per heavy atom. The van der Waals surface area contributed by atoms with E-state index in [1.165, 1.54) is 64.3 Å². The topological polar surface area (TPSA) is 24.5 Å². The maximum Gasteiger partial charge on any atom is 0.0661 e. The summed E-state index contributed by atoms with van der Waals surface area (Å²) in [4.78, 5) is 2.58. The molecule has 1 spiro atoms. The highest BCUT2D eigenvalue weighted by molar-refractivity contribution is 5.09. The number of hydrogen-bond acceptors (Lipinski definition) is 3. The van der Waals surface area contributed by atoms with E-state index in [0.29, 0.717) is 17.6 Å². The summed E-state index contributed by atoms with van der Waals surface area (Å²) >= 11 is 0. The molecule has 3 rings (SSSR count). The zero-order valence-corrected chi connectivity index (χ0v) is 14.1. The third-order valence-corrected chi connectivity index (χ3v) is 6.49. The number of ether oxygens (including phenoxy) is 1. The van der Waals surface area contributed by atoms with Crippen LogP contribution in [0, 0.1) is 5.41 Å². The summed E-state index contributed by atoms with van der Waals surface area (Å²) in [5, 5.41) is 3.87. The van der Waals surface area contributed by atoms with Gasteiger partial charge in [-0.05, 0) is 46.1 Å². The highest BCUT2D eigenvalue weighted by Crippen LogP contribution is 2.54. The maximum absolute atomic E-state index is 6.00. The Hall–Kier alpha value is -0.120. The first-order chi connectivity index (χ1) is 10.3. The second-order valence-corrected chi connectivity index (χ2v) is 7.55. The molecule has 0 aliphatic heterocycles. The fourth-order valence-corrected chi connectivity index (χ4v) is 5.12. The van der Waals surface area contributed by atoms with E-state index in [-0.39, 0.29) is 0 Å². The molecule has 0 heterocycles. The van der Waals surface area contributed by atoms with E-state index < -0.39 is 0 Å². The van der Waals surface area contributed by atoms with Crippen molar-refractivity contribution in [3.05, 3.63) is 0 Å². The molecule has 3 heteroatoms. The Kier molecular flexibility index (Phi) is 5.23. The van der Waals surface area contributed by atoms with Gasteiger partial charge in [-0.2, -0.15) is 0 Å². The van der Waals surface area contributed by atoms with Gasteiger partial charge in [-0.3, -0.25) is 0 Å². The zero-order valence-electron chi connectivity index (χ0n) is 14.1. The van der Waals surface area contributed by atoms with Gasteiger partial charge in [0.2, 0.25) is 0 Å². The molecule has 3 fully saturated rings. The zero-order chi connectivity index (χ0) is 14.7. The quantitative estimate of drug-likeness (QED) is 0.780.